The third-order valence-corrected chi connectivity index (χ3v) is 7.19. The summed E-state index contributed by atoms with van der Waals surface area (Å²) in [6, 6.07) is 4.41. The van der Waals surface area contributed by atoms with Gasteiger partial charge in [-0.1, -0.05) is 0 Å². The third kappa shape index (κ3) is 2.92. The molecule has 1 unspecified atom stereocenters. The quantitative estimate of drug-likeness (QED) is 0.824. The van der Waals surface area contributed by atoms with Gasteiger partial charge < -0.3 is 24.1 Å². The number of furan rings is 1. The summed E-state index contributed by atoms with van der Waals surface area (Å²) < 4.78 is 19.0. The van der Waals surface area contributed by atoms with Gasteiger partial charge in [-0.15, -0.1) is 0 Å². The van der Waals surface area contributed by atoms with Crippen molar-refractivity contribution >= 4 is 5.91 Å². The zero-order valence-electron chi connectivity index (χ0n) is 18.2. The molecule has 2 aromatic rings. The van der Waals surface area contributed by atoms with Gasteiger partial charge in [-0.3, -0.25) is 4.79 Å². The number of rotatable bonds is 3. The Labute approximate surface area is 177 Å². The van der Waals surface area contributed by atoms with Gasteiger partial charge in [0.05, 0.1) is 17.4 Å². The van der Waals surface area contributed by atoms with Crippen molar-refractivity contribution in [1.29, 1.82) is 0 Å². The van der Waals surface area contributed by atoms with Crippen molar-refractivity contribution in [2.45, 2.75) is 57.8 Å². The number of fused-ring (bicyclic) bond motifs is 2. The van der Waals surface area contributed by atoms with Gasteiger partial charge in [0, 0.05) is 31.0 Å². The summed E-state index contributed by atoms with van der Waals surface area (Å²) in [7, 11) is 4.30. The molecule has 1 saturated carbocycles. The monoisotopic (exact) mass is 410 g/mol. The van der Waals surface area contributed by atoms with Crippen LogP contribution in [0.15, 0.2) is 22.8 Å². The Hall–Kier alpha value is -2.47. The number of benzene rings is 1. The first kappa shape index (κ1) is 19.5. The van der Waals surface area contributed by atoms with Crippen LogP contribution in [0, 0.1) is 12.8 Å². The summed E-state index contributed by atoms with van der Waals surface area (Å²) in [5.41, 5.74) is 3.43. The summed E-state index contributed by atoms with van der Waals surface area (Å²) >= 11 is 0. The molecular formula is C24H30N2O4. The highest BCUT2D eigenvalue weighted by Crippen LogP contribution is 2.54. The number of nitrogens with zero attached hydrogens (tertiary/aromatic N) is 1. The molecule has 0 saturated heterocycles. The van der Waals surface area contributed by atoms with Crippen LogP contribution in [0.3, 0.4) is 0 Å². The molecule has 3 heterocycles. The molecule has 0 radical (unpaired) electrons. The summed E-state index contributed by atoms with van der Waals surface area (Å²) in [6.07, 6.45) is 6.80. The number of ether oxygens (including phenoxy) is 2. The third-order valence-electron chi connectivity index (χ3n) is 7.19. The van der Waals surface area contributed by atoms with Crippen LogP contribution in [0.1, 0.15) is 54.1 Å². The molecule has 160 valence electrons. The maximum absolute atomic E-state index is 12.7. The van der Waals surface area contributed by atoms with E-state index >= 15 is 0 Å². The minimum absolute atomic E-state index is 0.0481. The molecule has 1 aliphatic carbocycles. The summed E-state index contributed by atoms with van der Waals surface area (Å²) in [5, 5.41) is 2.97. The first-order chi connectivity index (χ1) is 14.4. The largest absolute Gasteiger partial charge is 0.464 e. The van der Waals surface area contributed by atoms with Gasteiger partial charge in [0.2, 0.25) is 0 Å². The molecule has 6 nitrogen and oxygen atoms in total. The first-order valence-electron chi connectivity index (χ1n) is 10.9. The number of carbonyl (C=O) groups is 1. The van der Waals surface area contributed by atoms with Gasteiger partial charge >= 0.3 is 0 Å². The maximum Gasteiger partial charge on any atom is 0.252 e. The molecule has 1 atom stereocenters. The molecular weight excluding hydrogens is 380 g/mol. The lowest BCUT2D eigenvalue weighted by molar-refractivity contribution is -0.123. The van der Waals surface area contributed by atoms with E-state index in [1.54, 1.807) is 6.26 Å². The molecule has 0 bridgehead atoms. The Balaban J connectivity index is 1.57. The maximum atomic E-state index is 12.7. The Morgan fingerprint density at radius 3 is 2.50 bits per heavy atom. The molecule has 1 amide bonds. The van der Waals surface area contributed by atoms with Gasteiger partial charge in [-0.25, -0.2) is 0 Å². The van der Waals surface area contributed by atoms with E-state index in [4.69, 9.17) is 13.9 Å². The standard InChI is InChI=1S/C24H30N2O4/c1-14-19-17(11-12-25-23(19)27)20(18-6-5-13-28-18)22-21(14)29-24(2,30-22)15-7-9-16(10-8-15)26(3)4/h5-6,13,15-16H,7-12H2,1-4H3,(H,25,27). The van der Waals surface area contributed by atoms with Crippen molar-refractivity contribution in [3.8, 4) is 22.8 Å². The van der Waals surface area contributed by atoms with Gasteiger partial charge in [0.15, 0.2) is 11.5 Å². The fourth-order valence-electron chi connectivity index (χ4n) is 5.44. The minimum atomic E-state index is -0.730. The fourth-order valence-corrected chi connectivity index (χ4v) is 5.44. The van der Waals surface area contributed by atoms with E-state index in [1.807, 2.05) is 19.1 Å². The van der Waals surface area contributed by atoms with Crippen molar-refractivity contribution in [3.63, 3.8) is 0 Å². The van der Waals surface area contributed by atoms with E-state index in [2.05, 4.69) is 31.2 Å². The molecule has 2 aliphatic heterocycles. The predicted molar refractivity (Wildman–Crippen MR) is 114 cm³/mol. The lowest BCUT2D eigenvalue weighted by atomic mass is 9.81. The van der Waals surface area contributed by atoms with Crippen LogP contribution in [0.4, 0.5) is 0 Å². The molecule has 1 aromatic heterocycles. The molecule has 30 heavy (non-hydrogen) atoms. The van der Waals surface area contributed by atoms with Crippen molar-refractivity contribution in [2.24, 2.45) is 5.92 Å². The topological polar surface area (TPSA) is 63.9 Å². The lowest BCUT2D eigenvalue weighted by Gasteiger charge is -2.39. The molecule has 0 spiro atoms. The average Bonchev–Trinajstić information content (AvgIpc) is 3.37. The van der Waals surface area contributed by atoms with Crippen LogP contribution in [-0.4, -0.2) is 43.3 Å². The zero-order chi connectivity index (χ0) is 21.0. The van der Waals surface area contributed by atoms with Crippen molar-refractivity contribution in [1.82, 2.24) is 10.2 Å². The van der Waals surface area contributed by atoms with E-state index in [0.29, 0.717) is 29.8 Å². The van der Waals surface area contributed by atoms with Gasteiger partial charge in [-0.05, 0) is 70.8 Å². The second-order valence-corrected chi connectivity index (χ2v) is 9.18. The summed E-state index contributed by atoms with van der Waals surface area (Å²) in [6.45, 7) is 4.63. The van der Waals surface area contributed by atoms with Crippen molar-refractivity contribution in [3.05, 3.63) is 35.1 Å². The second kappa shape index (κ2) is 7.05. The van der Waals surface area contributed by atoms with Crippen LogP contribution >= 0.6 is 0 Å². The second-order valence-electron chi connectivity index (χ2n) is 9.18. The number of hydrogen-bond donors (Lipinski definition) is 1. The Bertz CT molecular complexity index is 974. The highest BCUT2D eigenvalue weighted by Gasteiger charge is 2.48. The fraction of sp³-hybridized carbons (Fsp3) is 0.542. The number of nitrogens with one attached hydrogen (secondary N) is 1. The van der Waals surface area contributed by atoms with Crippen LogP contribution in [0.5, 0.6) is 11.5 Å². The minimum Gasteiger partial charge on any atom is -0.464 e. The molecule has 3 aliphatic rings. The van der Waals surface area contributed by atoms with Crippen LogP contribution in [0.25, 0.3) is 11.3 Å². The van der Waals surface area contributed by atoms with E-state index < -0.39 is 5.79 Å². The Morgan fingerprint density at radius 1 is 1.10 bits per heavy atom. The number of hydrogen-bond acceptors (Lipinski definition) is 5. The average molecular weight is 411 g/mol. The molecule has 5 rings (SSSR count). The van der Waals surface area contributed by atoms with Gasteiger partial charge in [0.25, 0.3) is 11.7 Å². The van der Waals surface area contributed by atoms with Crippen LogP contribution in [-0.2, 0) is 6.42 Å². The molecule has 6 heteroatoms. The Morgan fingerprint density at radius 2 is 1.83 bits per heavy atom. The summed E-state index contributed by atoms with van der Waals surface area (Å²) in [5.74, 6) is 1.67. The van der Waals surface area contributed by atoms with Crippen LogP contribution < -0.4 is 14.8 Å². The predicted octanol–water partition coefficient (Wildman–Crippen LogP) is 4.15. The highest BCUT2D eigenvalue weighted by molar-refractivity contribution is 6.02. The van der Waals surface area contributed by atoms with E-state index in [0.717, 1.165) is 60.3 Å². The molecule has 1 N–H and O–H groups in total. The smallest absolute Gasteiger partial charge is 0.252 e. The number of amides is 1. The van der Waals surface area contributed by atoms with Gasteiger partial charge in [0.1, 0.15) is 5.76 Å². The number of carbonyl (C=O) groups excluding carboxylic acids is 1. The van der Waals surface area contributed by atoms with E-state index in [9.17, 15) is 4.79 Å². The van der Waals surface area contributed by atoms with Crippen LogP contribution in [0.2, 0.25) is 0 Å². The molecule has 1 aromatic carbocycles. The van der Waals surface area contributed by atoms with Crippen molar-refractivity contribution in [2.75, 3.05) is 20.6 Å². The first-order valence-corrected chi connectivity index (χ1v) is 10.9. The zero-order valence-corrected chi connectivity index (χ0v) is 18.2. The van der Waals surface area contributed by atoms with E-state index in [1.165, 1.54) is 0 Å². The SMILES string of the molecule is Cc1c2c(c(-c3ccco3)c3c1C(=O)NCC3)OC(C)(C1CCC(N(C)C)CC1)O2. The highest BCUT2D eigenvalue weighted by atomic mass is 16.7. The molecule has 1 fully saturated rings. The van der Waals surface area contributed by atoms with Crippen molar-refractivity contribution < 1.29 is 18.7 Å². The summed E-state index contributed by atoms with van der Waals surface area (Å²) in [4.78, 5) is 15.1. The van der Waals surface area contributed by atoms with E-state index in [-0.39, 0.29) is 5.91 Å². The lowest BCUT2D eigenvalue weighted by Crippen LogP contribution is -2.46. The Kier molecular flexibility index (Phi) is 4.58. The van der Waals surface area contributed by atoms with Gasteiger partial charge in [-0.2, -0.15) is 0 Å². The normalized spacial score (nSPS) is 27.8.